The average Bonchev–Trinajstić information content (AvgIpc) is 2.47. The first-order chi connectivity index (χ1) is 11.4. The molecule has 1 saturated heterocycles. The van der Waals surface area contributed by atoms with Crippen molar-refractivity contribution in [2.24, 2.45) is 5.92 Å². The Balaban J connectivity index is 0.000000697. The molecule has 3 atom stereocenters. The van der Waals surface area contributed by atoms with Gasteiger partial charge in [-0.1, -0.05) is 41.5 Å². The average molecular weight is 375 g/mol. The van der Waals surface area contributed by atoms with E-state index in [2.05, 4.69) is 64.9 Å². The fourth-order valence-electron chi connectivity index (χ4n) is 2.39. The van der Waals surface area contributed by atoms with Gasteiger partial charge >= 0.3 is 0 Å². The summed E-state index contributed by atoms with van der Waals surface area (Å²) in [5, 5.41) is 2.63. The Morgan fingerprint density at radius 1 is 1.20 bits per heavy atom. The van der Waals surface area contributed by atoms with Gasteiger partial charge in [0.15, 0.2) is 14.5 Å². The summed E-state index contributed by atoms with van der Waals surface area (Å²) in [6.07, 6.45) is -0.792. The molecule has 0 spiro atoms. The van der Waals surface area contributed by atoms with Gasteiger partial charge in [0, 0.05) is 0 Å². The van der Waals surface area contributed by atoms with Crippen molar-refractivity contribution in [1.82, 2.24) is 10.2 Å². The van der Waals surface area contributed by atoms with E-state index in [1.807, 2.05) is 6.92 Å². The van der Waals surface area contributed by atoms with Crippen molar-refractivity contribution in [3.8, 4) is 0 Å². The van der Waals surface area contributed by atoms with E-state index in [0.717, 1.165) is 0 Å². The van der Waals surface area contributed by atoms with Crippen molar-refractivity contribution in [2.75, 3.05) is 19.6 Å². The molecule has 1 aliphatic heterocycles. The maximum Gasteiger partial charge on any atom is 0.295 e. The van der Waals surface area contributed by atoms with E-state index in [4.69, 9.17) is 9.16 Å². The zero-order chi connectivity index (χ0) is 19.8. The second kappa shape index (κ2) is 10.3. The lowest BCUT2D eigenvalue weighted by molar-refractivity contribution is -0.166. The second-order valence-electron chi connectivity index (χ2n) is 7.89. The Morgan fingerprint density at radius 3 is 1.96 bits per heavy atom. The van der Waals surface area contributed by atoms with Crippen molar-refractivity contribution in [2.45, 2.75) is 78.9 Å². The summed E-state index contributed by atoms with van der Waals surface area (Å²) in [6.45, 7) is 23.1. The number of nitrogens with zero attached hydrogens (tertiary/aromatic N) is 1. The topological polar surface area (TPSA) is 67.9 Å². The Morgan fingerprint density at radius 2 is 1.68 bits per heavy atom. The smallest absolute Gasteiger partial charge is 0.295 e. The van der Waals surface area contributed by atoms with Gasteiger partial charge in [-0.3, -0.25) is 9.59 Å². The van der Waals surface area contributed by atoms with Crippen molar-refractivity contribution in [3.63, 3.8) is 0 Å². The summed E-state index contributed by atoms with van der Waals surface area (Å²) in [4.78, 5) is 24.2. The number of nitrogens with one attached hydrogen (secondary N) is 1. The third-order valence-corrected chi connectivity index (χ3v) is 9.82. The fourth-order valence-corrected chi connectivity index (χ4v) is 3.82. The molecule has 1 fully saturated rings. The van der Waals surface area contributed by atoms with Crippen LogP contribution in [-0.4, -0.2) is 57.6 Å². The molecule has 0 aromatic carbocycles. The van der Waals surface area contributed by atoms with Crippen molar-refractivity contribution in [1.29, 1.82) is 0 Å². The largest absolute Gasteiger partial charge is 0.443 e. The second-order valence-corrected chi connectivity index (χ2v) is 12.6. The molecule has 1 aliphatic rings. The summed E-state index contributed by atoms with van der Waals surface area (Å²) in [7, 11) is -1.92. The maximum absolute atomic E-state index is 11.5. The highest BCUT2D eigenvalue weighted by molar-refractivity contribution is 6.74. The molecular weight excluding hydrogens is 336 g/mol. The van der Waals surface area contributed by atoms with E-state index in [-0.39, 0.29) is 17.0 Å². The van der Waals surface area contributed by atoms with Gasteiger partial charge in [-0.05, 0) is 44.7 Å². The van der Waals surface area contributed by atoms with E-state index < -0.39 is 20.5 Å². The Hall–Kier alpha value is -0.923. The van der Waals surface area contributed by atoms with Gasteiger partial charge in [-0.15, -0.1) is 0 Å². The van der Waals surface area contributed by atoms with E-state index >= 15 is 0 Å². The molecule has 148 valence electrons. The first-order valence-electron chi connectivity index (χ1n) is 9.24. The number of carbonyl (C=O) groups is 2. The van der Waals surface area contributed by atoms with Crippen LogP contribution in [0.15, 0.2) is 0 Å². The van der Waals surface area contributed by atoms with Crippen LogP contribution in [0.3, 0.4) is 0 Å². The summed E-state index contributed by atoms with van der Waals surface area (Å²) in [6, 6.07) is 0. The van der Waals surface area contributed by atoms with E-state index in [9.17, 15) is 9.59 Å². The number of hydrogen-bond acceptors (Lipinski definition) is 5. The number of amides is 1. The van der Waals surface area contributed by atoms with Crippen LogP contribution in [0.25, 0.3) is 0 Å². The molecule has 0 saturated carbocycles. The number of β-lactam (4-membered cyclic amide) rings is 1. The van der Waals surface area contributed by atoms with Crippen LogP contribution in [0.5, 0.6) is 0 Å². The van der Waals surface area contributed by atoms with E-state index in [1.165, 1.54) is 19.6 Å². The predicted molar refractivity (Wildman–Crippen MR) is 104 cm³/mol. The SMILES string of the molecule is CCN(CC)CC.C[C@@H](O[Si](C)(C)C(C)(C)C)[C@H]1C(=O)N[C@@H]1OC=O. The van der Waals surface area contributed by atoms with Crippen molar-refractivity contribution in [3.05, 3.63) is 0 Å². The van der Waals surface area contributed by atoms with Crippen molar-refractivity contribution >= 4 is 20.7 Å². The Labute approximate surface area is 154 Å². The third-order valence-electron chi connectivity index (χ3n) is 5.25. The molecular formula is C18H38N2O4Si. The van der Waals surface area contributed by atoms with E-state index in [1.54, 1.807) is 0 Å². The van der Waals surface area contributed by atoms with Crippen LogP contribution in [0.2, 0.25) is 18.1 Å². The molecule has 1 rings (SSSR count). The monoisotopic (exact) mass is 374 g/mol. The molecule has 0 aromatic heterocycles. The lowest BCUT2D eigenvalue weighted by Crippen LogP contribution is -2.64. The highest BCUT2D eigenvalue weighted by Gasteiger charge is 2.48. The zero-order valence-corrected chi connectivity index (χ0v) is 18.5. The van der Waals surface area contributed by atoms with Gasteiger partial charge in [0.2, 0.25) is 5.91 Å². The molecule has 0 bridgehead atoms. The molecule has 0 radical (unpaired) electrons. The van der Waals surface area contributed by atoms with E-state index in [0.29, 0.717) is 6.47 Å². The minimum absolute atomic E-state index is 0.0858. The summed E-state index contributed by atoms with van der Waals surface area (Å²) < 4.78 is 10.9. The van der Waals surface area contributed by atoms with Crippen LogP contribution < -0.4 is 5.32 Å². The quantitative estimate of drug-likeness (QED) is 0.402. The molecule has 1 heterocycles. The summed E-state index contributed by atoms with van der Waals surface area (Å²) in [5.74, 6) is -0.516. The van der Waals surface area contributed by atoms with Gasteiger partial charge in [0.1, 0.15) is 5.92 Å². The van der Waals surface area contributed by atoms with Gasteiger partial charge < -0.3 is 19.4 Å². The van der Waals surface area contributed by atoms with Gasteiger partial charge in [-0.25, -0.2) is 0 Å². The standard InChI is InChI=1S/C12H23NO4Si.C6H15N/c1-8(17-18(5,6)12(2,3)4)9-10(15)13-11(9)16-7-14;1-4-7(5-2)6-3/h7-9,11H,1-6H3,(H,13,15);4-6H2,1-3H3/t8-,9+,11-;/m1./s1. The van der Waals surface area contributed by atoms with Crippen LogP contribution in [-0.2, 0) is 18.8 Å². The van der Waals surface area contributed by atoms with Crippen LogP contribution in [0.4, 0.5) is 0 Å². The highest BCUT2D eigenvalue weighted by atomic mass is 28.4. The molecule has 1 amide bonds. The maximum atomic E-state index is 11.5. The number of ether oxygens (including phenoxy) is 1. The molecule has 0 aliphatic carbocycles. The Bertz CT molecular complexity index is 412. The molecule has 7 heteroatoms. The number of carbonyl (C=O) groups excluding carboxylic acids is 2. The predicted octanol–water partition coefficient (Wildman–Crippen LogP) is 2.99. The van der Waals surface area contributed by atoms with Gasteiger partial charge in [0.25, 0.3) is 6.47 Å². The van der Waals surface area contributed by atoms with Gasteiger partial charge in [-0.2, -0.15) is 0 Å². The third kappa shape index (κ3) is 7.07. The molecule has 0 unspecified atom stereocenters. The molecule has 1 N–H and O–H groups in total. The Kier molecular flexibility index (Phi) is 9.90. The number of hydrogen-bond donors (Lipinski definition) is 1. The van der Waals surface area contributed by atoms with Crippen LogP contribution >= 0.6 is 0 Å². The highest BCUT2D eigenvalue weighted by Crippen LogP contribution is 2.38. The lowest BCUT2D eigenvalue weighted by atomic mass is 9.94. The van der Waals surface area contributed by atoms with Gasteiger partial charge in [0.05, 0.1) is 6.10 Å². The molecule has 6 nitrogen and oxygen atoms in total. The normalized spacial score (nSPS) is 21.6. The summed E-state index contributed by atoms with van der Waals surface area (Å²) in [5.41, 5.74) is 0. The molecule has 0 aromatic rings. The van der Waals surface area contributed by atoms with Crippen LogP contribution in [0.1, 0.15) is 48.5 Å². The fraction of sp³-hybridized carbons (Fsp3) is 0.889. The lowest BCUT2D eigenvalue weighted by Gasteiger charge is -2.44. The minimum Gasteiger partial charge on any atom is -0.443 e. The number of rotatable bonds is 8. The summed E-state index contributed by atoms with van der Waals surface area (Å²) >= 11 is 0. The minimum atomic E-state index is -1.92. The first kappa shape index (κ1) is 24.1. The first-order valence-corrected chi connectivity index (χ1v) is 12.2. The zero-order valence-electron chi connectivity index (χ0n) is 17.5. The molecule has 25 heavy (non-hydrogen) atoms. The van der Waals surface area contributed by atoms with Crippen LogP contribution in [0, 0.1) is 5.92 Å². The van der Waals surface area contributed by atoms with Crippen molar-refractivity contribution < 1.29 is 18.8 Å².